The fourth-order valence-electron chi connectivity index (χ4n) is 1.72. The van der Waals surface area contributed by atoms with Crippen molar-refractivity contribution >= 4 is 5.78 Å². The Morgan fingerprint density at radius 2 is 2.18 bits per heavy atom. The fourth-order valence-corrected chi connectivity index (χ4v) is 1.72. The first kappa shape index (κ1) is 9.96. The van der Waals surface area contributed by atoms with Gasteiger partial charge in [0.25, 0.3) is 0 Å². The first-order valence-electron chi connectivity index (χ1n) is 5.30. The molecule has 0 aliphatic carbocycles. The third-order valence-electron chi connectivity index (χ3n) is 2.70. The van der Waals surface area contributed by atoms with Crippen molar-refractivity contribution in [2.45, 2.75) is 6.92 Å². The van der Waals surface area contributed by atoms with E-state index < -0.39 is 0 Å². The van der Waals surface area contributed by atoms with Crippen LogP contribution in [0.2, 0.25) is 0 Å². The van der Waals surface area contributed by atoms with Crippen molar-refractivity contribution in [1.82, 2.24) is 14.4 Å². The van der Waals surface area contributed by atoms with Crippen molar-refractivity contribution in [2.75, 3.05) is 0 Å². The first-order valence-corrected chi connectivity index (χ1v) is 5.30. The second-order valence-electron chi connectivity index (χ2n) is 3.92. The minimum absolute atomic E-state index is 0.215. The maximum absolute atomic E-state index is 13.5. The summed E-state index contributed by atoms with van der Waals surface area (Å²) in [5.74, 6) is 0.399. The van der Waals surface area contributed by atoms with Crippen molar-refractivity contribution in [3.8, 4) is 11.3 Å². The maximum atomic E-state index is 13.5. The van der Waals surface area contributed by atoms with E-state index in [1.807, 2.05) is 28.9 Å². The molecule has 3 aromatic rings. The predicted octanol–water partition coefficient (Wildman–Crippen LogP) is 2.84. The van der Waals surface area contributed by atoms with Crippen molar-refractivity contribution < 1.29 is 4.39 Å². The van der Waals surface area contributed by atoms with Gasteiger partial charge in [0.2, 0.25) is 5.78 Å². The van der Waals surface area contributed by atoms with Gasteiger partial charge in [-0.25, -0.2) is 14.4 Å². The summed E-state index contributed by atoms with van der Waals surface area (Å²) in [4.78, 5) is 8.46. The molecule has 4 heteroatoms. The normalized spacial score (nSPS) is 10.9. The Morgan fingerprint density at radius 3 is 2.94 bits per heavy atom. The van der Waals surface area contributed by atoms with E-state index in [9.17, 15) is 4.39 Å². The van der Waals surface area contributed by atoms with Crippen LogP contribution in [0.3, 0.4) is 0 Å². The average Bonchev–Trinajstić information content (AvgIpc) is 2.76. The zero-order valence-electron chi connectivity index (χ0n) is 9.26. The van der Waals surface area contributed by atoms with Crippen LogP contribution >= 0.6 is 0 Å². The lowest BCUT2D eigenvalue weighted by molar-refractivity contribution is 0.619. The monoisotopic (exact) mass is 227 g/mol. The largest absolute Gasteiger partial charge is 0.291 e. The molecule has 0 fully saturated rings. The molecule has 0 N–H and O–H groups in total. The summed E-state index contributed by atoms with van der Waals surface area (Å²) in [6.45, 7) is 1.74. The fraction of sp³-hybridized carbons (Fsp3) is 0.0769. The summed E-state index contributed by atoms with van der Waals surface area (Å²) in [6.07, 6.45) is 5.39. The molecule has 1 aromatic carbocycles. The van der Waals surface area contributed by atoms with Crippen LogP contribution in [0.15, 0.2) is 42.9 Å². The number of nitrogens with zero attached hydrogens (tertiary/aromatic N) is 3. The quantitative estimate of drug-likeness (QED) is 0.640. The minimum atomic E-state index is -0.215. The van der Waals surface area contributed by atoms with Gasteiger partial charge in [-0.1, -0.05) is 12.1 Å². The van der Waals surface area contributed by atoms with Crippen molar-refractivity contribution in [1.29, 1.82) is 0 Å². The van der Waals surface area contributed by atoms with Crippen LogP contribution in [-0.2, 0) is 0 Å². The molecule has 3 rings (SSSR count). The highest BCUT2D eigenvalue weighted by Crippen LogP contribution is 2.20. The van der Waals surface area contributed by atoms with E-state index in [1.54, 1.807) is 19.2 Å². The van der Waals surface area contributed by atoms with E-state index in [0.717, 1.165) is 11.3 Å². The lowest BCUT2D eigenvalue weighted by Crippen LogP contribution is -1.84. The van der Waals surface area contributed by atoms with E-state index in [2.05, 4.69) is 9.97 Å². The Kier molecular flexibility index (Phi) is 2.14. The molecule has 0 atom stereocenters. The number of imidazole rings is 1. The standard InChI is InChI=1S/C13H10FN3/c1-9-3-4-10(7-11(9)14)12-8-17-6-2-5-15-13(17)16-12/h2-8H,1H3. The van der Waals surface area contributed by atoms with Crippen molar-refractivity contribution in [2.24, 2.45) is 0 Å². The van der Waals surface area contributed by atoms with Crippen LogP contribution in [-0.4, -0.2) is 14.4 Å². The molecule has 0 saturated heterocycles. The van der Waals surface area contributed by atoms with Gasteiger partial charge in [-0.3, -0.25) is 4.40 Å². The summed E-state index contributed by atoms with van der Waals surface area (Å²) in [5, 5.41) is 0. The average molecular weight is 227 g/mol. The number of hydrogen-bond acceptors (Lipinski definition) is 2. The van der Waals surface area contributed by atoms with E-state index >= 15 is 0 Å². The Hall–Kier alpha value is -2.23. The third kappa shape index (κ3) is 1.67. The third-order valence-corrected chi connectivity index (χ3v) is 2.70. The molecule has 0 spiro atoms. The highest BCUT2D eigenvalue weighted by Gasteiger charge is 2.06. The number of rotatable bonds is 1. The first-order chi connectivity index (χ1) is 8.24. The molecule has 2 heterocycles. The van der Waals surface area contributed by atoms with Gasteiger partial charge in [-0.2, -0.15) is 0 Å². The molecule has 0 radical (unpaired) electrons. The van der Waals surface area contributed by atoms with Crippen molar-refractivity contribution in [3.63, 3.8) is 0 Å². The molecule has 0 amide bonds. The number of halogens is 1. The smallest absolute Gasteiger partial charge is 0.234 e. The molecule has 0 saturated carbocycles. The van der Waals surface area contributed by atoms with Crippen LogP contribution in [0.4, 0.5) is 4.39 Å². The molecule has 0 aliphatic rings. The predicted molar refractivity (Wildman–Crippen MR) is 63.1 cm³/mol. The van der Waals surface area contributed by atoms with E-state index in [1.165, 1.54) is 6.07 Å². The van der Waals surface area contributed by atoms with Gasteiger partial charge in [0.15, 0.2) is 0 Å². The Bertz CT molecular complexity index is 655. The van der Waals surface area contributed by atoms with Gasteiger partial charge in [0.1, 0.15) is 5.82 Å². The number of fused-ring (bicyclic) bond motifs is 1. The molecule has 0 unspecified atom stereocenters. The zero-order chi connectivity index (χ0) is 11.8. The molecular formula is C13H10FN3. The van der Waals surface area contributed by atoms with Crippen LogP contribution in [0.25, 0.3) is 17.0 Å². The molecule has 0 bridgehead atoms. The molecule has 0 aliphatic heterocycles. The van der Waals surface area contributed by atoms with Crippen LogP contribution in [0, 0.1) is 12.7 Å². The number of aromatic nitrogens is 3. The van der Waals surface area contributed by atoms with E-state index in [0.29, 0.717) is 11.3 Å². The van der Waals surface area contributed by atoms with Gasteiger partial charge >= 0.3 is 0 Å². The molecule has 84 valence electrons. The minimum Gasteiger partial charge on any atom is -0.291 e. The molecule has 2 aromatic heterocycles. The Morgan fingerprint density at radius 1 is 1.29 bits per heavy atom. The Labute approximate surface area is 97.6 Å². The number of hydrogen-bond donors (Lipinski definition) is 0. The summed E-state index contributed by atoms with van der Waals surface area (Å²) >= 11 is 0. The zero-order valence-corrected chi connectivity index (χ0v) is 9.26. The van der Waals surface area contributed by atoms with Crippen LogP contribution in [0.1, 0.15) is 5.56 Å². The van der Waals surface area contributed by atoms with Gasteiger partial charge in [-0.05, 0) is 24.6 Å². The summed E-state index contributed by atoms with van der Waals surface area (Å²) in [5.41, 5.74) is 2.12. The lowest BCUT2D eigenvalue weighted by atomic mass is 10.1. The van der Waals surface area contributed by atoms with Crippen LogP contribution in [0.5, 0.6) is 0 Å². The molecule has 3 nitrogen and oxygen atoms in total. The maximum Gasteiger partial charge on any atom is 0.234 e. The highest BCUT2D eigenvalue weighted by molar-refractivity contribution is 5.61. The Balaban J connectivity index is 2.17. The summed E-state index contributed by atoms with van der Waals surface area (Å²) in [6, 6.07) is 6.94. The highest BCUT2D eigenvalue weighted by atomic mass is 19.1. The van der Waals surface area contributed by atoms with E-state index in [-0.39, 0.29) is 5.82 Å². The number of benzene rings is 1. The lowest BCUT2D eigenvalue weighted by Gasteiger charge is -1.98. The summed E-state index contributed by atoms with van der Waals surface area (Å²) < 4.78 is 15.3. The van der Waals surface area contributed by atoms with Crippen molar-refractivity contribution in [3.05, 3.63) is 54.2 Å². The summed E-state index contributed by atoms with van der Waals surface area (Å²) in [7, 11) is 0. The topological polar surface area (TPSA) is 30.2 Å². The number of aryl methyl sites for hydroxylation is 1. The SMILES string of the molecule is Cc1ccc(-c2cn3cccnc3n2)cc1F. The van der Waals surface area contributed by atoms with Gasteiger partial charge in [0.05, 0.1) is 5.69 Å². The van der Waals surface area contributed by atoms with Gasteiger partial charge in [-0.15, -0.1) is 0 Å². The van der Waals surface area contributed by atoms with Gasteiger partial charge < -0.3 is 0 Å². The molecular weight excluding hydrogens is 217 g/mol. The second kappa shape index (κ2) is 3.66. The molecule has 17 heavy (non-hydrogen) atoms. The van der Waals surface area contributed by atoms with Gasteiger partial charge in [0, 0.05) is 24.2 Å². The second-order valence-corrected chi connectivity index (χ2v) is 3.92. The van der Waals surface area contributed by atoms with E-state index in [4.69, 9.17) is 0 Å². The van der Waals surface area contributed by atoms with Crippen LogP contribution < -0.4 is 0 Å².